The van der Waals surface area contributed by atoms with E-state index in [2.05, 4.69) is 10.2 Å². The third-order valence-electron chi connectivity index (χ3n) is 1.57. The highest BCUT2D eigenvalue weighted by molar-refractivity contribution is 4.84. The Balaban J connectivity index is 1.99. The fraction of sp³-hybridized carbons (Fsp3) is 0.667. The first kappa shape index (κ1) is 4.97. The van der Waals surface area contributed by atoms with Gasteiger partial charge in [0.1, 0.15) is 0 Å². The van der Waals surface area contributed by atoms with E-state index in [9.17, 15) is 0 Å². The van der Waals surface area contributed by atoms with Crippen molar-refractivity contribution >= 4 is 0 Å². The van der Waals surface area contributed by atoms with Crippen LogP contribution in [0.4, 0.5) is 0 Å². The molecule has 1 fully saturated rings. The van der Waals surface area contributed by atoms with Crippen LogP contribution in [0.1, 0.15) is 18.7 Å². The second-order valence-corrected chi connectivity index (χ2v) is 2.48. The average Bonchev–Trinajstić information content (AvgIpc) is 2.46. The number of aromatic nitrogens is 2. The van der Waals surface area contributed by atoms with Crippen molar-refractivity contribution in [1.82, 2.24) is 10.2 Å². The van der Waals surface area contributed by atoms with Gasteiger partial charge in [0.05, 0.1) is 0 Å². The SMILES string of the molecule is c1nnc(CC2CC2)o1. The van der Waals surface area contributed by atoms with Crippen molar-refractivity contribution in [2.45, 2.75) is 19.3 Å². The minimum Gasteiger partial charge on any atom is -0.428 e. The van der Waals surface area contributed by atoms with Crippen molar-refractivity contribution < 1.29 is 4.42 Å². The Morgan fingerprint density at radius 2 is 2.56 bits per heavy atom. The number of nitrogens with zero attached hydrogens (tertiary/aromatic N) is 2. The summed E-state index contributed by atoms with van der Waals surface area (Å²) in [7, 11) is 0. The van der Waals surface area contributed by atoms with Gasteiger partial charge in [-0.3, -0.25) is 0 Å². The van der Waals surface area contributed by atoms with E-state index < -0.39 is 0 Å². The topological polar surface area (TPSA) is 38.9 Å². The normalized spacial score (nSPS) is 18.2. The highest BCUT2D eigenvalue weighted by Gasteiger charge is 2.23. The molecule has 0 unspecified atom stereocenters. The minimum atomic E-state index is 0.789. The summed E-state index contributed by atoms with van der Waals surface area (Å²) >= 11 is 0. The van der Waals surface area contributed by atoms with Gasteiger partial charge in [0.2, 0.25) is 12.3 Å². The van der Waals surface area contributed by atoms with Crippen molar-refractivity contribution in [2.24, 2.45) is 5.92 Å². The van der Waals surface area contributed by atoms with Crippen LogP contribution in [0.15, 0.2) is 10.8 Å². The van der Waals surface area contributed by atoms with E-state index in [1.54, 1.807) is 0 Å². The van der Waals surface area contributed by atoms with E-state index in [0.717, 1.165) is 18.2 Å². The Labute approximate surface area is 53.1 Å². The van der Waals surface area contributed by atoms with Crippen molar-refractivity contribution in [3.63, 3.8) is 0 Å². The molecule has 0 spiro atoms. The molecule has 0 aliphatic heterocycles. The molecule has 0 bridgehead atoms. The van der Waals surface area contributed by atoms with E-state index in [0.29, 0.717) is 0 Å². The van der Waals surface area contributed by atoms with Crippen LogP contribution in [0.3, 0.4) is 0 Å². The first-order valence-corrected chi connectivity index (χ1v) is 3.20. The molecule has 1 heterocycles. The zero-order valence-electron chi connectivity index (χ0n) is 5.08. The standard InChI is InChI=1S/C6H8N2O/c1-2-5(1)3-6-8-7-4-9-6/h4-5H,1-3H2. The van der Waals surface area contributed by atoms with Crippen molar-refractivity contribution in [3.8, 4) is 0 Å². The van der Waals surface area contributed by atoms with Gasteiger partial charge in [-0.05, 0) is 18.8 Å². The summed E-state index contributed by atoms with van der Waals surface area (Å²) in [5, 5.41) is 7.37. The van der Waals surface area contributed by atoms with Gasteiger partial charge in [0.15, 0.2) is 0 Å². The zero-order valence-corrected chi connectivity index (χ0v) is 5.08. The Hall–Kier alpha value is -0.860. The summed E-state index contributed by atoms with van der Waals surface area (Å²) in [5.74, 6) is 1.63. The lowest BCUT2D eigenvalue weighted by Gasteiger charge is -1.84. The molecule has 0 atom stereocenters. The third kappa shape index (κ3) is 1.09. The van der Waals surface area contributed by atoms with Crippen molar-refractivity contribution in [1.29, 1.82) is 0 Å². The Kier molecular flexibility index (Phi) is 1.01. The summed E-state index contributed by atoms with van der Waals surface area (Å²) in [4.78, 5) is 0. The van der Waals surface area contributed by atoms with Crippen LogP contribution in [0, 0.1) is 5.92 Å². The lowest BCUT2D eigenvalue weighted by atomic mass is 10.3. The van der Waals surface area contributed by atoms with E-state index >= 15 is 0 Å². The smallest absolute Gasteiger partial charge is 0.216 e. The van der Waals surface area contributed by atoms with E-state index in [1.807, 2.05) is 0 Å². The predicted octanol–water partition coefficient (Wildman–Crippen LogP) is 1.02. The second-order valence-electron chi connectivity index (χ2n) is 2.48. The Bertz CT molecular complexity index is 179. The first-order valence-electron chi connectivity index (χ1n) is 3.20. The van der Waals surface area contributed by atoms with Crippen LogP contribution < -0.4 is 0 Å². The maximum Gasteiger partial charge on any atom is 0.216 e. The van der Waals surface area contributed by atoms with Crippen LogP contribution in [0.25, 0.3) is 0 Å². The molecule has 1 aromatic heterocycles. The van der Waals surface area contributed by atoms with Gasteiger partial charge >= 0.3 is 0 Å². The maximum atomic E-state index is 4.96. The van der Waals surface area contributed by atoms with Gasteiger partial charge in [-0.15, -0.1) is 10.2 Å². The average molecular weight is 124 g/mol. The molecule has 0 N–H and O–H groups in total. The van der Waals surface area contributed by atoms with Crippen LogP contribution in [0.2, 0.25) is 0 Å². The van der Waals surface area contributed by atoms with E-state index in [4.69, 9.17) is 4.42 Å². The molecule has 0 radical (unpaired) electrons. The molecule has 1 aliphatic carbocycles. The lowest BCUT2D eigenvalue weighted by Crippen LogP contribution is -1.85. The molecule has 1 aromatic rings. The van der Waals surface area contributed by atoms with Gasteiger partial charge < -0.3 is 4.42 Å². The van der Waals surface area contributed by atoms with Gasteiger partial charge in [0.25, 0.3) is 0 Å². The summed E-state index contributed by atoms with van der Waals surface area (Å²) in [5.41, 5.74) is 0. The molecule has 0 amide bonds. The zero-order chi connectivity index (χ0) is 6.10. The predicted molar refractivity (Wildman–Crippen MR) is 30.7 cm³/mol. The summed E-state index contributed by atoms with van der Waals surface area (Å²) in [6, 6.07) is 0. The maximum absolute atomic E-state index is 4.96. The fourth-order valence-corrected chi connectivity index (χ4v) is 0.854. The molecular weight excluding hydrogens is 116 g/mol. The third-order valence-corrected chi connectivity index (χ3v) is 1.57. The van der Waals surface area contributed by atoms with Crippen molar-refractivity contribution in [3.05, 3.63) is 12.3 Å². The summed E-state index contributed by atoms with van der Waals surface area (Å²) in [6.45, 7) is 0. The highest BCUT2D eigenvalue weighted by Crippen LogP contribution is 2.31. The second kappa shape index (κ2) is 1.83. The largest absolute Gasteiger partial charge is 0.428 e. The minimum absolute atomic E-state index is 0.789. The quantitative estimate of drug-likeness (QED) is 0.590. The van der Waals surface area contributed by atoms with E-state index in [-0.39, 0.29) is 0 Å². The molecule has 0 saturated heterocycles. The number of hydrogen-bond donors (Lipinski definition) is 0. The molecule has 3 nitrogen and oxygen atoms in total. The van der Waals surface area contributed by atoms with Gasteiger partial charge in [0, 0.05) is 6.42 Å². The molecule has 0 aromatic carbocycles. The molecule has 3 heteroatoms. The van der Waals surface area contributed by atoms with Crippen LogP contribution in [0.5, 0.6) is 0 Å². The number of hydrogen-bond acceptors (Lipinski definition) is 3. The molecular formula is C6H8N2O. The fourth-order valence-electron chi connectivity index (χ4n) is 0.854. The van der Waals surface area contributed by atoms with Crippen molar-refractivity contribution in [2.75, 3.05) is 0 Å². The van der Waals surface area contributed by atoms with Crippen LogP contribution >= 0.6 is 0 Å². The van der Waals surface area contributed by atoms with Crippen LogP contribution in [-0.2, 0) is 6.42 Å². The van der Waals surface area contributed by atoms with Gasteiger partial charge in [-0.25, -0.2) is 0 Å². The van der Waals surface area contributed by atoms with Gasteiger partial charge in [-0.1, -0.05) is 0 Å². The first-order chi connectivity index (χ1) is 4.45. The van der Waals surface area contributed by atoms with E-state index in [1.165, 1.54) is 19.2 Å². The summed E-state index contributed by atoms with van der Waals surface area (Å²) < 4.78 is 4.96. The molecule has 1 saturated carbocycles. The molecule has 2 rings (SSSR count). The highest BCUT2D eigenvalue weighted by atomic mass is 16.4. The van der Waals surface area contributed by atoms with Crippen LogP contribution in [-0.4, -0.2) is 10.2 Å². The van der Waals surface area contributed by atoms with Gasteiger partial charge in [-0.2, -0.15) is 0 Å². The Morgan fingerprint density at radius 3 is 3.11 bits per heavy atom. The summed E-state index contributed by atoms with van der Waals surface area (Å²) in [6.07, 6.45) is 5.04. The number of rotatable bonds is 2. The molecule has 1 aliphatic rings. The lowest BCUT2D eigenvalue weighted by molar-refractivity contribution is 0.481. The molecule has 48 valence electrons. The monoisotopic (exact) mass is 124 g/mol. The molecule has 9 heavy (non-hydrogen) atoms. The Morgan fingerprint density at radius 1 is 1.67 bits per heavy atom.